The van der Waals surface area contributed by atoms with E-state index in [-0.39, 0.29) is 0 Å². The standard InChI is InChI=1S/C10H7AsN2O/c11-9-8-2-1-7(10(12)14)5-6(8)3-4-13-9/h1-5H,(H2,12,14). The van der Waals surface area contributed by atoms with E-state index >= 15 is 0 Å². The van der Waals surface area contributed by atoms with Crippen molar-refractivity contribution in [1.82, 2.24) is 4.98 Å². The van der Waals surface area contributed by atoms with Gasteiger partial charge in [0.15, 0.2) is 0 Å². The molecule has 2 aromatic rings. The summed E-state index contributed by atoms with van der Waals surface area (Å²) in [6.45, 7) is 0. The van der Waals surface area contributed by atoms with Crippen LogP contribution in [0.5, 0.6) is 0 Å². The number of nitrogens with zero attached hydrogens (tertiary/aromatic N) is 1. The average Bonchev–Trinajstić information content (AvgIpc) is 2.17. The minimum absolute atomic E-state index is 0.407. The third-order valence-corrected chi connectivity index (χ3v) is 2.78. The summed E-state index contributed by atoms with van der Waals surface area (Å²) in [5, 5.41) is 2.00. The first kappa shape index (κ1) is 9.22. The monoisotopic (exact) mass is 246 g/mol. The summed E-state index contributed by atoms with van der Waals surface area (Å²) < 4.78 is 0.894. The van der Waals surface area contributed by atoms with Crippen LogP contribution in [0.1, 0.15) is 10.4 Å². The number of hydrogen-bond donors (Lipinski definition) is 1. The molecule has 0 unspecified atom stereocenters. The number of carbonyl (C=O) groups excluding carboxylic acids is 1. The molecule has 1 amide bonds. The van der Waals surface area contributed by atoms with Gasteiger partial charge < -0.3 is 0 Å². The maximum absolute atomic E-state index is 10.9. The van der Waals surface area contributed by atoms with Crippen LogP contribution in [0.25, 0.3) is 10.8 Å². The van der Waals surface area contributed by atoms with Crippen LogP contribution in [0.2, 0.25) is 0 Å². The molecule has 1 heterocycles. The number of nitrogens with two attached hydrogens (primary N) is 1. The summed E-state index contributed by atoms with van der Waals surface area (Å²) in [5.41, 5.74) is 5.71. The van der Waals surface area contributed by atoms with Gasteiger partial charge in [-0.2, -0.15) is 0 Å². The molecule has 0 atom stereocenters. The van der Waals surface area contributed by atoms with Crippen LogP contribution in [0.15, 0.2) is 30.5 Å². The van der Waals surface area contributed by atoms with E-state index in [1.54, 1.807) is 18.3 Å². The minimum atomic E-state index is -0.407. The van der Waals surface area contributed by atoms with E-state index in [9.17, 15) is 4.79 Å². The maximum atomic E-state index is 10.9. The third-order valence-electron chi connectivity index (χ3n) is 2.03. The Morgan fingerprint density at radius 1 is 1.36 bits per heavy atom. The molecule has 4 heteroatoms. The van der Waals surface area contributed by atoms with Gasteiger partial charge in [0.2, 0.25) is 0 Å². The number of pyridine rings is 1. The predicted molar refractivity (Wildman–Crippen MR) is 55.6 cm³/mol. The van der Waals surface area contributed by atoms with E-state index in [4.69, 9.17) is 5.73 Å². The second-order valence-electron chi connectivity index (χ2n) is 2.93. The van der Waals surface area contributed by atoms with Crippen LogP contribution in [0, 0.1) is 0 Å². The van der Waals surface area contributed by atoms with Crippen molar-refractivity contribution in [3.8, 4) is 0 Å². The molecule has 2 N–H and O–H groups in total. The third kappa shape index (κ3) is 1.51. The SMILES string of the molecule is NC(=O)c1ccc2c([As])nccc2c1. The zero-order valence-corrected chi connectivity index (χ0v) is 9.14. The molecule has 3 nitrogen and oxygen atoms in total. The molecular formula is C10H7AsN2O. The quantitative estimate of drug-likeness (QED) is 0.727. The van der Waals surface area contributed by atoms with Crippen molar-refractivity contribution in [2.75, 3.05) is 0 Å². The fourth-order valence-corrected chi connectivity index (χ4v) is 1.88. The summed E-state index contributed by atoms with van der Waals surface area (Å²) in [5.74, 6) is -0.407. The number of aromatic nitrogens is 1. The Balaban J connectivity index is 2.73. The number of fused-ring (bicyclic) bond motifs is 1. The number of amides is 1. The number of hydrogen-bond acceptors (Lipinski definition) is 2. The van der Waals surface area contributed by atoms with E-state index in [1.165, 1.54) is 0 Å². The molecule has 0 fully saturated rings. The van der Waals surface area contributed by atoms with Crippen LogP contribution in [0.3, 0.4) is 0 Å². The van der Waals surface area contributed by atoms with E-state index in [0.717, 1.165) is 15.3 Å². The fourth-order valence-electron chi connectivity index (χ4n) is 1.32. The second kappa shape index (κ2) is 3.43. The van der Waals surface area contributed by atoms with Crippen LogP contribution >= 0.6 is 0 Å². The van der Waals surface area contributed by atoms with Crippen molar-refractivity contribution >= 4 is 38.0 Å². The van der Waals surface area contributed by atoms with E-state index < -0.39 is 5.91 Å². The Hall–Kier alpha value is -1.34. The van der Waals surface area contributed by atoms with E-state index in [2.05, 4.69) is 21.8 Å². The summed E-state index contributed by atoms with van der Waals surface area (Å²) in [4.78, 5) is 15.1. The first-order chi connectivity index (χ1) is 6.68. The molecule has 0 spiro atoms. The second-order valence-corrected chi connectivity index (χ2v) is 3.82. The number of rotatable bonds is 1. The van der Waals surface area contributed by atoms with Crippen molar-refractivity contribution in [2.24, 2.45) is 5.73 Å². The van der Waals surface area contributed by atoms with Gasteiger partial charge in [0, 0.05) is 0 Å². The molecule has 1 aromatic carbocycles. The number of carbonyl (C=O) groups is 1. The Labute approximate surface area is 89.8 Å². The van der Waals surface area contributed by atoms with Crippen molar-refractivity contribution in [2.45, 2.75) is 0 Å². The Kier molecular flexibility index (Phi) is 2.26. The average molecular weight is 246 g/mol. The van der Waals surface area contributed by atoms with Gasteiger partial charge in [-0.15, -0.1) is 0 Å². The summed E-state index contributed by atoms with van der Waals surface area (Å²) in [6.07, 6.45) is 1.71. The Morgan fingerprint density at radius 3 is 2.86 bits per heavy atom. The van der Waals surface area contributed by atoms with Gasteiger partial charge in [0.1, 0.15) is 0 Å². The first-order valence-corrected chi connectivity index (χ1v) is 5.00. The van der Waals surface area contributed by atoms with Crippen LogP contribution < -0.4 is 10.2 Å². The molecule has 2 radical (unpaired) electrons. The van der Waals surface area contributed by atoms with Crippen LogP contribution in [-0.4, -0.2) is 27.7 Å². The first-order valence-electron chi connectivity index (χ1n) is 4.06. The zero-order chi connectivity index (χ0) is 10.1. The van der Waals surface area contributed by atoms with Gasteiger partial charge in [-0.3, -0.25) is 0 Å². The number of primary amides is 1. The van der Waals surface area contributed by atoms with Gasteiger partial charge in [0.05, 0.1) is 0 Å². The molecule has 14 heavy (non-hydrogen) atoms. The van der Waals surface area contributed by atoms with Gasteiger partial charge in [-0.05, 0) is 0 Å². The van der Waals surface area contributed by atoms with E-state index in [0.29, 0.717) is 5.56 Å². The molecule has 68 valence electrons. The van der Waals surface area contributed by atoms with Gasteiger partial charge in [-0.1, -0.05) is 0 Å². The summed E-state index contributed by atoms with van der Waals surface area (Å²) >= 11 is 2.40. The number of benzene rings is 1. The molecule has 2 rings (SSSR count). The summed E-state index contributed by atoms with van der Waals surface area (Å²) in [7, 11) is 0. The molecule has 0 bridgehead atoms. The molecule has 0 saturated heterocycles. The molecule has 0 aliphatic carbocycles. The fraction of sp³-hybridized carbons (Fsp3) is 0. The van der Waals surface area contributed by atoms with Gasteiger partial charge in [0.25, 0.3) is 0 Å². The molecule has 0 saturated carbocycles. The van der Waals surface area contributed by atoms with E-state index in [1.807, 2.05) is 12.1 Å². The van der Waals surface area contributed by atoms with Crippen molar-refractivity contribution in [3.05, 3.63) is 36.0 Å². The van der Waals surface area contributed by atoms with Crippen LogP contribution in [0.4, 0.5) is 0 Å². The Morgan fingerprint density at radius 2 is 2.14 bits per heavy atom. The van der Waals surface area contributed by atoms with Crippen molar-refractivity contribution < 1.29 is 4.79 Å². The Bertz CT molecular complexity index is 510. The van der Waals surface area contributed by atoms with Crippen LogP contribution in [-0.2, 0) is 0 Å². The zero-order valence-electron chi connectivity index (χ0n) is 7.27. The molecular weight excluding hydrogens is 239 g/mol. The normalized spacial score (nSPS) is 10.4. The molecule has 0 aliphatic rings. The topological polar surface area (TPSA) is 56.0 Å². The van der Waals surface area contributed by atoms with Crippen molar-refractivity contribution in [1.29, 1.82) is 0 Å². The predicted octanol–water partition coefficient (Wildman–Crippen LogP) is 0.127. The molecule has 1 aromatic heterocycles. The van der Waals surface area contributed by atoms with Gasteiger partial charge >= 0.3 is 89.6 Å². The summed E-state index contributed by atoms with van der Waals surface area (Å²) in [6, 6.07) is 7.20. The van der Waals surface area contributed by atoms with Crippen molar-refractivity contribution in [3.63, 3.8) is 0 Å². The molecule has 0 aliphatic heterocycles. The van der Waals surface area contributed by atoms with Gasteiger partial charge in [-0.25, -0.2) is 0 Å².